The number of rotatable bonds is 8. The first-order chi connectivity index (χ1) is 14.1. The van der Waals surface area contributed by atoms with Gasteiger partial charge in [0.25, 0.3) is 5.91 Å². The summed E-state index contributed by atoms with van der Waals surface area (Å²) >= 11 is 1.73. The highest BCUT2D eigenvalue weighted by Crippen LogP contribution is 2.24. The predicted molar refractivity (Wildman–Crippen MR) is 111 cm³/mol. The van der Waals surface area contributed by atoms with E-state index < -0.39 is 0 Å². The first kappa shape index (κ1) is 20.9. The Hall–Kier alpha value is -2.87. The Kier molecular flexibility index (Phi) is 7.24. The van der Waals surface area contributed by atoms with Crippen LogP contribution in [0.2, 0.25) is 0 Å². The van der Waals surface area contributed by atoms with Crippen molar-refractivity contribution in [3.05, 3.63) is 51.7 Å². The molecule has 1 aliphatic rings. The van der Waals surface area contributed by atoms with Crippen LogP contribution < -0.4 is 15.4 Å². The van der Waals surface area contributed by atoms with Gasteiger partial charge in [0.15, 0.2) is 0 Å². The number of carbonyl (C=O) groups excluding carboxylic acids is 3. The lowest BCUT2D eigenvalue weighted by Gasteiger charge is -2.27. The van der Waals surface area contributed by atoms with Crippen molar-refractivity contribution >= 4 is 29.1 Å². The number of ether oxygens (including phenoxy) is 1. The molecule has 0 aliphatic carbocycles. The molecule has 7 nitrogen and oxygen atoms in total. The third kappa shape index (κ3) is 5.80. The van der Waals surface area contributed by atoms with Gasteiger partial charge in [0, 0.05) is 36.5 Å². The third-order valence-corrected chi connectivity index (χ3v) is 5.68. The summed E-state index contributed by atoms with van der Waals surface area (Å²) in [6.45, 7) is 3.92. The number of amides is 3. The highest BCUT2D eigenvalue weighted by Gasteiger charge is 2.21. The second kappa shape index (κ2) is 10.1. The number of benzene rings is 1. The van der Waals surface area contributed by atoms with E-state index in [1.807, 2.05) is 11.8 Å². The molecule has 3 rings (SSSR count). The third-order valence-electron chi connectivity index (χ3n) is 4.66. The Morgan fingerprint density at radius 3 is 2.69 bits per heavy atom. The number of hydrogen-bond donors (Lipinski definition) is 2. The summed E-state index contributed by atoms with van der Waals surface area (Å²) in [5.41, 5.74) is 1.67. The SMILES string of the molecule is CCOc1ccc(C(=O)NCC(=O)NCCC(=O)N2CCc3sccc3C2)cc1. The van der Waals surface area contributed by atoms with Crippen LogP contribution in [0.4, 0.5) is 0 Å². The Labute approximate surface area is 174 Å². The summed E-state index contributed by atoms with van der Waals surface area (Å²) in [5, 5.41) is 7.31. The lowest BCUT2D eigenvalue weighted by atomic mass is 10.1. The molecule has 0 unspecified atom stereocenters. The van der Waals surface area contributed by atoms with Gasteiger partial charge in [-0.25, -0.2) is 0 Å². The fourth-order valence-corrected chi connectivity index (χ4v) is 4.01. The van der Waals surface area contributed by atoms with Crippen LogP contribution in [0, 0.1) is 0 Å². The van der Waals surface area contributed by atoms with Gasteiger partial charge in [-0.2, -0.15) is 0 Å². The summed E-state index contributed by atoms with van der Waals surface area (Å²) < 4.78 is 5.33. The van der Waals surface area contributed by atoms with Crippen molar-refractivity contribution in [1.29, 1.82) is 0 Å². The van der Waals surface area contributed by atoms with Crippen molar-refractivity contribution in [3.8, 4) is 5.75 Å². The number of carbonyl (C=O) groups is 3. The lowest BCUT2D eigenvalue weighted by Crippen LogP contribution is -2.40. The molecular formula is C21H25N3O4S. The van der Waals surface area contributed by atoms with Crippen LogP contribution in [0.25, 0.3) is 0 Å². The van der Waals surface area contributed by atoms with Crippen LogP contribution in [-0.2, 0) is 22.6 Å². The van der Waals surface area contributed by atoms with Gasteiger partial charge in [-0.1, -0.05) is 0 Å². The minimum atomic E-state index is -0.334. The van der Waals surface area contributed by atoms with Crippen molar-refractivity contribution in [2.75, 3.05) is 26.2 Å². The average Bonchev–Trinajstić information content (AvgIpc) is 3.20. The quantitative estimate of drug-likeness (QED) is 0.690. The summed E-state index contributed by atoms with van der Waals surface area (Å²) in [6.07, 6.45) is 1.14. The van der Waals surface area contributed by atoms with E-state index in [0.29, 0.717) is 24.5 Å². The van der Waals surface area contributed by atoms with E-state index in [2.05, 4.69) is 22.1 Å². The Bertz CT molecular complexity index is 863. The van der Waals surface area contributed by atoms with Gasteiger partial charge in [0.1, 0.15) is 5.75 Å². The second-order valence-corrected chi connectivity index (χ2v) is 7.67. The summed E-state index contributed by atoms with van der Waals surface area (Å²) in [6, 6.07) is 8.78. The zero-order valence-corrected chi connectivity index (χ0v) is 17.2. The minimum Gasteiger partial charge on any atom is -0.494 e. The van der Waals surface area contributed by atoms with E-state index in [4.69, 9.17) is 4.74 Å². The van der Waals surface area contributed by atoms with E-state index in [0.717, 1.165) is 13.0 Å². The number of fused-ring (bicyclic) bond motifs is 1. The Morgan fingerprint density at radius 1 is 1.14 bits per heavy atom. The standard InChI is InChI=1S/C21H25N3O4S/c1-2-28-17-5-3-15(4-6-17)21(27)23-13-19(25)22-10-7-20(26)24-11-8-18-16(14-24)9-12-29-18/h3-6,9,12H,2,7-8,10-11,13-14H2,1H3,(H,22,25)(H,23,27). The molecule has 2 heterocycles. The first-order valence-corrected chi connectivity index (χ1v) is 10.6. The second-order valence-electron chi connectivity index (χ2n) is 6.67. The van der Waals surface area contributed by atoms with Crippen LogP contribution in [0.5, 0.6) is 5.75 Å². The largest absolute Gasteiger partial charge is 0.494 e. The molecule has 154 valence electrons. The molecule has 3 amide bonds. The molecule has 1 aromatic heterocycles. The summed E-state index contributed by atoms with van der Waals surface area (Å²) in [4.78, 5) is 39.5. The number of nitrogens with zero attached hydrogens (tertiary/aromatic N) is 1. The molecule has 8 heteroatoms. The normalized spacial score (nSPS) is 12.8. The maximum atomic E-state index is 12.3. The molecule has 0 radical (unpaired) electrons. The Morgan fingerprint density at radius 2 is 1.93 bits per heavy atom. The van der Waals surface area contributed by atoms with Crippen molar-refractivity contribution in [2.45, 2.75) is 26.3 Å². The van der Waals surface area contributed by atoms with Crippen LogP contribution >= 0.6 is 11.3 Å². The van der Waals surface area contributed by atoms with Crippen molar-refractivity contribution in [3.63, 3.8) is 0 Å². The van der Waals surface area contributed by atoms with E-state index in [-0.39, 0.29) is 37.2 Å². The van der Waals surface area contributed by atoms with E-state index in [1.54, 1.807) is 35.6 Å². The topological polar surface area (TPSA) is 87.7 Å². The fraction of sp³-hybridized carbons (Fsp3) is 0.381. The zero-order chi connectivity index (χ0) is 20.6. The fourth-order valence-electron chi connectivity index (χ4n) is 3.12. The maximum absolute atomic E-state index is 12.3. The predicted octanol–water partition coefficient (Wildman–Crippen LogP) is 1.97. The Balaban J connectivity index is 1.34. The van der Waals surface area contributed by atoms with Crippen molar-refractivity contribution in [1.82, 2.24) is 15.5 Å². The monoisotopic (exact) mass is 415 g/mol. The van der Waals surface area contributed by atoms with Gasteiger partial charge in [0.2, 0.25) is 11.8 Å². The van der Waals surface area contributed by atoms with Gasteiger partial charge in [0.05, 0.1) is 13.2 Å². The highest BCUT2D eigenvalue weighted by molar-refractivity contribution is 7.10. The molecule has 0 spiro atoms. The van der Waals surface area contributed by atoms with Crippen LogP contribution in [-0.4, -0.2) is 48.9 Å². The molecule has 1 aliphatic heterocycles. The first-order valence-electron chi connectivity index (χ1n) is 9.67. The van der Waals surface area contributed by atoms with Gasteiger partial charge in [-0.15, -0.1) is 11.3 Å². The molecule has 1 aromatic carbocycles. The molecule has 2 aromatic rings. The zero-order valence-electron chi connectivity index (χ0n) is 16.4. The molecule has 0 fully saturated rings. The van der Waals surface area contributed by atoms with Crippen molar-refractivity contribution in [2.24, 2.45) is 0 Å². The van der Waals surface area contributed by atoms with E-state index >= 15 is 0 Å². The highest BCUT2D eigenvalue weighted by atomic mass is 32.1. The smallest absolute Gasteiger partial charge is 0.251 e. The van der Waals surface area contributed by atoms with E-state index in [9.17, 15) is 14.4 Å². The van der Waals surface area contributed by atoms with Gasteiger partial charge in [-0.3, -0.25) is 14.4 Å². The molecule has 0 saturated carbocycles. The maximum Gasteiger partial charge on any atom is 0.251 e. The molecule has 0 bridgehead atoms. The molecule has 0 saturated heterocycles. The lowest BCUT2D eigenvalue weighted by molar-refractivity contribution is -0.132. The van der Waals surface area contributed by atoms with Gasteiger partial charge in [-0.05, 0) is 54.6 Å². The van der Waals surface area contributed by atoms with Gasteiger partial charge < -0.3 is 20.3 Å². The van der Waals surface area contributed by atoms with Crippen LogP contribution in [0.15, 0.2) is 35.7 Å². The molecule has 29 heavy (non-hydrogen) atoms. The number of nitrogens with one attached hydrogen (secondary N) is 2. The summed E-state index contributed by atoms with van der Waals surface area (Å²) in [7, 11) is 0. The number of thiophene rings is 1. The summed E-state index contributed by atoms with van der Waals surface area (Å²) in [5.74, 6) is 0.0611. The molecular weight excluding hydrogens is 390 g/mol. The molecule has 2 N–H and O–H groups in total. The van der Waals surface area contributed by atoms with Crippen molar-refractivity contribution < 1.29 is 19.1 Å². The molecule has 0 atom stereocenters. The van der Waals surface area contributed by atoms with Crippen LogP contribution in [0.3, 0.4) is 0 Å². The number of hydrogen-bond acceptors (Lipinski definition) is 5. The van der Waals surface area contributed by atoms with E-state index in [1.165, 1.54) is 10.4 Å². The van der Waals surface area contributed by atoms with Gasteiger partial charge >= 0.3 is 0 Å². The van der Waals surface area contributed by atoms with Crippen LogP contribution in [0.1, 0.15) is 34.1 Å². The minimum absolute atomic E-state index is 0.0283. The average molecular weight is 416 g/mol.